The fraction of sp³-hybridized carbons (Fsp3) is 0.364. The first-order valence-corrected chi connectivity index (χ1v) is 17.0. The van der Waals surface area contributed by atoms with E-state index in [1.807, 2.05) is 0 Å². The Bertz CT molecular complexity index is 1910. The normalized spacial score (nSPS) is 16.1. The second-order valence-electron chi connectivity index (χ2n) is 11.4. The SMILES string of the molecule is O=C(Cc1ccc(Oc2ncnc3cc(OCCCN4CCS(=O)(=O)CC4)c4c(c23)OCCO4)cc1)Cc1cc(C(F)(F)F)ccc1F. The molecule has 0 bridgehead atoms. The van der Waals surface area contributed by atoms with Gasteiger partial charge in [-0.05, 0) is 47.9 Å². The number of carbonyl (C=O) groups is 1. The Morgan fingerprint density at radius 1 is 0.938 bits per heavy atom. The van der Waals surface area contributed by atoms with E-state index in [0.29, 0.717) is 96.9 Å². The van der Waals surface area contributed by atoms with Crippen LogP contribution in [-0.4, -0.2) is 80.0 Å². The predicted octanol–water partition coefficient (Wildman–Crippen LogP) is 5.20. The second kappa shape index (κ2) is 13.9. The zero-order chi connectivity index (χ0) is 33.9. The molecule has 0 spiro atoms. The molecule has 0 saturated carbocycles. The summed E-state index contributed by atoms with van der Waals surface area (Å²) in [5.41, 5.74) is -0.276. The minimum atomic E-state index is -4.64. The molecule has 0 atom stereocenters. The van der Waals surface area contributed by atoms with Crippen LogP contribution in [0.4, 0.5) is 17.6 Å². The van der Waals surface area contributed by atoms with Crippen molar-refractivity contribution in [3.05, 3.63) is 77.4 Å². The van der Waals surface area contributed by atoms with Gasteiger partial charge < -0.3 is 23.8 Å². The number of ketones is 1. The first kappa shape index (κ1) is 33.4. The number of sulfone groups is 1. The number of aromatic nitrogens is 2. The third-order valence-corrected chi connectivity index (χ3v) is 9.57. The maximum absolute atomic E-state index is 14.1. The van der Waals surface area contributed by atoms with E-state index < -0.39 is 39.6 Å². The van der Waals surface area contributed by atoms with E-state index >= 15 is 0 Å². The molecule has 15 heteroatoms. The van der Waals surface area contributed by atoms with Crippen LogP contribution >= 0.6 is 0 Å². The molecule has 3 aromatic carbocycles. The van der Waals surface area contributed by atoms with Gasteiger partial charge in [0, 0.05) is 38.5 Å². The van der Waals surface area contributed by atoms with Gasteiger partial charge in [-0.1, -0.05) is 12.1 Å². The van der Waals surface area contributed by atoms with Crippen LogP contribution in [0, 0.1) is 5.82 Å². The number of hydrogen-bond acceptors (Lipinski definition) is 10. The van der Waals surface area contributed by atoms with Crippen LogP contribution in [0.5, 0.6) is 28.9 Å². The Hall–Kier alpha value is -4.50. The quantitative estimate of drug-likeness (QED) is 0.154. The van der Waals surface area contributed by atoms with Gasteiger partial charge in [-0.2, -0.15) is 13.2 Å². The van der Waals surface area contributed by atoms with Crippen molar-refractivity contribution >= 4 is 26.5 Å². The van der Waals surface area contributed by atoms with Crippen molar-refractivity contribution < 1.29 is 49.7 Å². The van der Waals surface area contributed by atoms with Crippen molar-refractivity contribution in [2.24, 2.45) is 0 Å². The van der Waals surface area contributed by atoms with E-state index in [4.69, 9.17) is 18.9 Å². The number of alkyl halides is 3. The summed E-state index contributed by atoms with van der Waals surface area (Å²) >= 11 is 0. The molecule has 2 aliphatic rings. The van der Waals surface area contributed by atoms with Crippen molar-refractivity contribution in [2.45, 2.75) is 25.4 Å². The largest absolute Gasteiger partial charge is 0.489 e. The van der Waals surface area contributed by atoms with Gasteiger partial charge in [0.25, 0.3) is 0 Å². The van der Waals surface area contributed by atoms with E-state index in [1.165, 1.54) is 6.33 Å². The maximum atomic E-state index is 14.1. The van der Waals surface area contributed by atoms with Gasteiger partial charge in [0.15, 0.2) is 21.3 Å². The molecular formula is C33H31F4N3O7S. The number of rotatable bonds is 11. The van der Waals surface area contributed by atoms with Crippen molar-refractivity contribution in [1.29, 1.82) is 0 Å². The topological polar surface area (TPSA) is 117 Å². The molecule has 2 aliphatic heterocycles. The molecule has 3 heterocycles. The van der Waals surface area contributed by atoms with Gasteiger partial charge in [0.05, 0.1) is 29.2 Å². The first-order valence-electron chi connectivity index (χ1n) is 15.2. The molecule has 0 amide bonds. The molecule has 1 saturated heterocycles. The highest BCUT2D eigenvalue weighted by molar-refractivity contribution is 7.91. The summed E-state index contributed by atoms with van der Waals surface area (Å²) in [6.07, 6.45) is -3.23. The smallest absolute Gasteiger partial charge is 0.416 e. The Morgan fingerprint density at radius 3 is 2.40 bits per heavy atom. The van der Waals surface area contributed by atoms with E-state index in [2.05, 4.69) is 14.9 Å². The number of fused-ring (bicyclic) bond motifs is 3. The minimum Gasteiger partial charge on any atom is -0.489 e. The first-order chi connectivity index (χ1) is 22.9. The summed E-state index contributed by atoms with van der Waals surface area (Å²) in [5, 5.41) is 0.469. The standard InChI is InChI=1S/C33H31F4N3O7S/c34-26-7-4-23(33(35,36)37)17-22(26)18-24(41)16-21-2-5-25(6-3-21)47-32-29-27(38-20-39-32)19-28(30-31(29)46-13-12-45-30)44-11-1-8-40-9-14-48(42,43)15-10-40/h2-7,17,19-20H,1,8-16,18H2. The number of hydrogen-bond donors (Lipinski definition) is 0. The Kier molecular flexibility index (Phi) is 9.69. The van der Waals surface area contributed by atoms with Crippen LogP contribution in [0.25, 0.3) is 10.9 Å². The second-order valence-corrected chi connectivity index (χ2v) is 13.7. The number of benzene rings is 3. The Morgan fingerprint density at radius 2 is 1.67 bits per heavy atom. The third-order valence-electron chi connectivity index (χ3n) is 7.96. The van der Waals surface area contributed by atoms with Crippen molar-refractivity contribution in [3.8, 4) is 28.9 Å². The van der Waals surface area contributed by atoms with Crippen LogP contribution in [0.1, 0.15) is 23.1 Å². The fourth-order valence-corrected chi connectivity index (χ4v) is 6.76. The average Bonchev–Trinajstić information content (AvgIpc) is 3.05. The zero-order valence-electron chi connectivity index (χ0n) is 25.6. The molecule has 0 radical (unpaired) electrons. The molecule has 0 N–H and O–H groups in total. The predicted molar refractivity (Wildman–Crippen MR) is 166 cm³/mol. The summed E-state index contributed by atoms with van der Waals surface area (Å²) in [5.74, 6) is 0.789. The zero-order valence-corrected chi connectivity index (χ0v) is 26.4. The van der Waals surface area contributed by atoms with Crippen molar-refractivity contribution in [3.63, 3.8) is 0 Å². The molecule has 254 valence electrons. The summed E-state index contributed by atoms with van der Waals surface area (Å²) in [4.78, 5) is 23.4. The Labute approximate surface area is 273 Å². The van der Waals surface area contributed by atoms with Crippen LogP contribution in [-0.2, 0) is 33.6 Å². The summed E-state index contributed by atoms with van der Waals surface area (Å²) < 4.78 is 101. The van der Waals surface area contributed by atoms with E-state index in [0.717, 1.165) is 0 Å². The molecular weight excluding hydrogens is 658 g/mol. The summed E-state index contributed by atoms with van der Waals surface area (Å²) in [6, 6.07) is 10.2. The van der Waals surface area contributed by atoms with Crippen molar-refractivity contribution in [2.75, 3.05) is 51.0 Å². The monoisotopic (exact) mass is 689 g/mol. The lowest BCUT2D eigenvalue weighted by Crippen LogP contribution is -2.40. The molecule has 10 nitrogen and oxygen atoms in total. The number of halogens is 4. The van der Waals surface area contributed by atoms with E-state index in [9.17, 15) is 30.8 Å². The molecule has 0 unspecified atom stereocenters. The number of ether oxygens (including phenoxy) is 4. The van der Waals surface area contributed by atoms with Gasteiger partial charge in [-0.25, -0.2) is 22.8 Å². The molecule has 6 rings (SSSR count). The number of nitrogens with zero attached hydrogens (tertiary/aromatic N) is 3. The van der Waals surface area contributed by atoms with Gasteiger partial charge in [-0.15, -0.1) is 0 Å². The fourth-order valence-electron chi connectivity index (χ4n) is 5.49. The van der Waals surface area contributed by atoms with Gasteiger partial charge >= 0.3 is 6.18 Å². The lowest BCUT2D eigenvalue weighted by atomic mass is 10.0. The lowest BCUT2D eigenvalue weighted by Gasteiger charge is -2.26. The molecule has 4 aromatic rings. The number of Topliss-reactive ketones (excluding diaryl/α,β-unsaturated/α-hetero) is 1. The average molecular weight is 690 g/mol. The Balaban J connectivity index is 1.12. The highest BCUT2D eigenvalue weighted by atomic mass is 32.2. The number of carbonyl (C=O) groups excluding carboxylic acids is 1. The molecule has 1 fully saturated rings. The summed E-state index contributed by atoms with van der Waals surface area (Å²) in [7, 11) is -2.94. The van der Waals surface area contributed by atoms with Gasteiger partial charge in [-0.3, -0.25) is 4.79 Å². The molecule has 0 aliphatic carbocycles. The molecule has 1 aromatic heterocycles. The highest BCUT2D eigenvalue weighted by Crippen LogP contribution is 2.47. The van der Waals surface area contributed by atoms with Gasteiger partial charge in [0.2, 0.25) is 11.6 Å². The minimum absolute atomic E-state index is 0.117. The van der Waals surface area contributed by atoms with E-state index in [-0.39, 0.29) is 36.0 Å². The summed E-state index contributed by atoms with van der Waals surface area (Å²) in [6.45, 7) is 2.67. The van der Waals surface area contributed by atoms with Crippen LogP contribution in [0.2, 0.25) is 0 Å². The van der Waals surface area contributed by atoms with E-state index in [1.54, 1.807) is 30.3 Å². The lowest BCUT2D eigenvalue weighted by molar-refractivity contribution is -0.137. The maximum Gasteiger partial charge on any atom is 0.416 e. The van der Waals surface area contributed by atoms with Crippen LogP contribution in [0.3, 0.4) is 0 Å². The van der Waals surface area contributed by atoms with Crippen LogP contribution < -0.4 is 18.9 Å². The highest BCUT2D eigenvalue weighted by Gasteiger charge is 2.31. The van der Waals surface area contributed by atoms with Crippen LogP contribution in [0.15, 0.2) is 54.9 Å². The third kappa shape index (κ3) is 7.96. The van der Waals surface area contributed by atoms with Crippen molar-refractivity contribution in [1.82, 2.24) is 14.9 Å². The molecule has 48 heavy (non-hydrogen) atoms. The van der Waals surface area contributed by atoms with Gasteiger partial charge in [0.1, 0.15) is 42.3 Å².